The lowest BCUT2D eigenvalue weighted by atomic mass is 9.85. The summed E-state index contributed by atoms with van der Waals surface area (Å²) in [7, 11) is -4.03. The maximum Gasteiger partial charge on any atom is 0.414 e. The first-order valence-electron chi connectivity index (χ1n) is 11.9. The van der Waals surface area contributed by atoms with E-state index in [9.17, 15) is 17.6 Å². The SMILES string of the molecule is C[C@@H](CC1CCCCC1)NCc1ccccc1NS(=O)(=O)c1ccc(N2CCOC2=O)c(F)c1. The molecule has 1 saturated carbocycles. The summed E-state index contributed by atoms with van der Waals surface area (Å²) in [6, 6.07) is 11.0. The molecule has 1 heterocycles. The average molecular weight is 490 g/mol. The number of amides is 1. The molecule has 2 aliphatic rings. The molecule has 0 aromatic heterocycles. The zero-order valence-corrected chi connectivity index (χ0v) is 20.2. The number of benzene rings is 2. The number of cyclic esters (lactones) is 1. The van der Waals surface area contributed by atoms with Gasteiger partial charge in [0.05, 0.1) is 22.8 Å². The van der Waals surface area contributed by atoms with Gasteiger partial charge >= 0.3 is 6.09 Å². The molecule has 1 atom stereocenters. The summed E-state index contributed by atoms with van der Waals surface area (Å²) in [6.45, 7) is 3.09. The summed E-state index contributed by atoms with van der Waals surface area (Å²) in [4.78, 5) is 12.6. The molecular weight excluding hydrogens is 457 g/mol. The van der Waals surface area contributed by atoms with E-state index in [2.05, 4.69) is 17.0 Å². The monoisotopic (exact) mass is 489 g/mol. The predicted octanol–water partition coefficient (Wildman–Crippen LogP) is 5.03. The number of hydrogen-bond donors (Lipinski definition) is 2. The van der Waals surface area contributed by atoms with Gasteiger partial charge in [-0.3, -0.25) is 9.62 Å². The molecule has 0 spiro atoms. The van der Waals surface area contributed by atoms with Crippen molar-refractivity contribution in [2.45, 2.75) is 62.9 Å². The molecule has 0 radical (unpaired) electrons. The van der Waals surface area contributed by atoms with Gasteiger partial charge in [-0.25, -0.2) is 17.6 Å². The zero-order chi connectivity index (χ0) is 24.1. The normalized spacial score (nSPS) is 18.1. The van der Waals surface area contributed by atoms with Gasteiger partial charge in [0.25, 0.3) is 10.0 Å². The van der Waals surface area contributed by atoms with Crippen LogP contribution in [-0.4, -0.2) is 33.7 Å². The Labute approximate surface area is 200 Å². The highest BCUT2D eigenvalue weighted by molar-refractivity contribution is 7.92. The van der Waals surface area contributed by atoms with Crippen molar-refractivity contribution in [3.63, 3.8) is 0 Å². The summed E-state index contributed by atoms with van der Waals surface area (Å²) in [5.41, 5.74) is 1.27. The molecule has 2 N–H and O–H groups in total. The van der Waals surface area contributed by atoms with E-state index in [-0.39, 0.29) is 23.7 Å². The molecule has 2 fully saturated rings. The maximum atomic E-state index is 14.7. The van der Waals surface area contributed by atoms with E-state index in [4.69, 9.17) is 4.74 Å². The van der Waals surface area contributed by atoms with Crippen LogP contribution in [0.4, 0.5) is 20.6 Å². The second-order valence-corrected chi connectivity index (χ2v) is 10.8. The molecule has 4 rings (SSSR count). The second kappa shape index (κ2) is 10.7. The third-order valence-electron chi connectivity index (χ3n) is 6.60. The number of ether oxygens (including phenoxy) is 1. The molecule has 2 aromatic rings. The van der Waals surface area contributed by atoms with Crippen LogP contribution in [0.1, 0.15) is 51.0 Å². The van der Waals surface area contributed by atoms with Crippen LogP contribution in [0, 0.1) is 11.7 Å². The molecule has 184 valence electrons. The minimum atomic E-state index is -4.03. The number of anilines is 2. The number of nitrogens with one attached hydrogen (secondary N) is 2. The zero-order valence-electron chi connectivity index (χ0n) is 19.4. The number of hydrogen-bond acceptors (Lipinski definition) is 5. The molecule has 0 bridgehead atoms. The van der Waals surface area contributed by atoms with Gasteiger partial charge in [-0.1, -0.05) is 50.3 Å². The number of nitrogens with zero attached hydrogens (tertiary/aromatic N) is 1. The molecule has 1 saturated heterocycles. The summed E-state index contributed by atoms with van der Waals surface area (Å²) >= 11 is 0. The Morgan fingerprint density at radius 1 is 1.15 bits per heavy atom. The van der Waals surface area contributed by atoms with Crippen molar-refractivity contribution in [1.29, 1.82) is 0 Å². The first-order chi connectivity index (χ1) is 16.3. The van der Waals surface area contributed by atoms with E-state index in [1.54, 1.807) is 12.1 Å². The van der Waals surface area contributed by atoms with Crippen molar-refractivity contribution < 1.29 is 22.3 Å². The van der Waals surface area contributed by atoms with Gasteiger partial charge in [0.2, 0.25) is 0 Å². The largest absolute Gasteiger partial charge is 0.447 e. The number of rotatable bonds is 9. The third-order valence-corrected chi connectivity index (χ3v) is 7.96. The summed E-state index contributed by atoms with van der Waals surface area (Å²) in [6.07, 6.45) is 7.00. The molecule has 34 heavy (non-hydrogen) atoms. The lowest BCUT2D eigenvalue weighted by Crippen LogP contribution is -2.29. The fourth-order valence-electron chi connectivity index (χ4n) is 4.75. The lowest BCUT2D eigenvalue weighted by molar-refractivity contribution is 0.181. The highest BCUT2D eigenvalue weighted by Crippen LogP contribution is 2.29. The Bertz CT molecular complexity index is 1120. The number of carbonyl (C=O) groups excluding carboxylic acids is 1. The Morgan fingerprint density at radius 2 is 1.91 bits per heavy atom. The van der Waals surface area contributed by atoms with Crippen LogP contribution in [0.15, 0.2) is 47.4 Å². The fourth-order valence-corrected chi connectivity index (χ4v) is 5.87. The molecule has 0 unspecified atom stereocenters. The van der Waals surface area contributed by atoms with Crippen LogP contribution >= 0.6 is 0 Å². The molecule has 1 aliphatic heterocycles. The van der Waals surface area contributed by atoms with Crippen LogP contribution in [0.5, 0.6) is 0 Å². The van der Waals surface area contributed by atoms with Gasteiger partial charge in [-0.2, -0.15) is 0 Å². The van der Waals surface area contributed by atoms with E-state index >= 15 is 0 Å². The quantitative estimate of drug-likeness (QED) is 0.516. The van der Waals surface area contributed by atoms with Crippen molar-refractivity contribution in [3.8, 4) is 0 Å². The predicted molar refractivity (Wildman–Crippen MR) is 130 cm³/mol. The Hall–Kier alpha value is -2.65. The van der Waals surface area contributed by atoms with Gasteiger partial charge in [0.15, 0.2) is 0 Å². The number of halogens is 1. The standard InChI is InChI=1S/C25H32FN3O4S/c1-18(15-19-7-3-2-4-8-19)27-17-20-9-5-6-10-23(20)28-34(31,32)21-11-12-24(22(26)16-21)29-13-14-33-25(29)30/h5-6,9-12,16,18-19,27-28H,2-4,7-8,13-15,17H2,1H3/t18-/m0/s1. The summed E-state index contributed by atoms with van der Waals surface area (Å²) in [5, 5.41) is 3.52. The van der Waals surface area contributed by atoms with Crippen molar-refractivity contribution in [2.75, 3.05) is 22.8 Å². The molecule has 9 heteroatoms. The third kappa shape index (κ3) is 5.88. The van der Waals surface area contributed by atoms with Gasteiger partial charge in [0, 0.05) is 12.6 Å². The molecule has 1 aliphatic carbocycles. The highest BCUT2D eigenvalue weighted by Gasteiger charge is 2.27. The van der Waals surface area contributed by atoms with E-state index in [0.29, 0.717) is 18.3 Å². The van der Waals surface area contributed by atoms with Gasteiger partial charge in [0.1, 0.15) is 12.4 Å². The van der Waals surface area contributed by atoms with Crippen molar-refractivity contribution in [3.05, 3.63) is 53.8 Å². The average Bonchev–Trinajstić information content (AvgIpc) is 3.24. The van der Waals surface area contributed by atoms with E-state index in [1.807, 2.05) is 12.1 Å². The van der Waals surface area contributed by atoms with E-state index in [0.717, 1.165) is 28.9 Å². The topological polar surface area (TPSA) is 87.7 Å². The number of para-hydroxylation sites is 1. The lowest BCUT2D eigenvalue weighted by Gasteiger charge is -2.25. The molecule has 7 nitrogen and oxygen atoms in total. The summed E-state index contributed by atoms with van der Waals surface area (Å²) in [5.74, 6) is -0.0431. The minimum absolute atomic E-state index is 0.00185. The van der Waals surface area contributed by atoms with Gasteiger partial charge in [-0.05, 0) is 49.1 Å². The fraction of sp³-hybridized carbons (Fsp3) is 0.480. The first-order valence-corrected chi connectivity index (χ1v) is 13.4. The van der Waals surface area contributed by atoms with Crippen LogP contribution in [0.2, 0.25) is 0 Å². The van der Waals surface area contributed by atoms with Crippen LogP contribution < -0.4 is 14.9 Å². The van der Waals surface area contributed by atoms with Crippen molar-refractivity contribution >= 4 is 27.5 Å². The van der Waals surface area contributed by atoms with Gasteiger partial charge < -0.3 is 10.1 Å². The Kier molecular flexibility index (Phi) is 7.73. The highest BCUT2D eigenvalue weighted by atomic mass is 32.2. The van der Waals surface area contributed by atoms with Crippen molar-refractivity contribution in [2.24, 2.45) is 5.92 Å². The molecule has 2 aromatic carbocycles. The molecule has 1 amide bonds. The Morgan fingerprint density at radius 3 is 2.62 bits per heavy atom. The summed E-state index contributed by atoms with van der Waals surface area (Å²) < 4.78 is 48.1. The van der Waals surface area contributed by atoms with Crippen molar-refractivity contribution in [1.82, 2.24) is 5.32 Å². The number of carbonyl (C=O) groups is 1. The van der Waals surface area contributed by atoms with Crippen LogP contribution in [0.25, 0.3) is 0 Å². The first kappa shape index (κ1) is 24.5. The maximum absolute atomic E-state index is 14.7. The second-order valence-electron chi connectivity index (χ2n) is 9.16. The minimum Gasteiger partial charge on any atom is -0.447 e. The van der Waals surface area contributed by atoms with Gasteiger partial charge in [-0.15, -0.1) is 0 Å². The van der Waals surface area contributed by atoms with Crippen LogP contribution in [0.3, 0.4) is 0 Å². The van der Waals surface area contributed by atoms with Crippen LogP contribution in [-0.2, 0) is 21.3 Å². The Balaban J connectivity index is 1.43. The molecular formula is C25H32FN3O4S. The smallest absolute Gasteiger partial charge is 0.414 e. The number of sulfonamides is 1. The van der Waals surface area contributed by atoms with E-state index < -0.39 is 21.9 Å². The van der Waals surface area contributed by atoms with E-state index in [1.165, 1.54) is 44.2 Å².